The number of imidazole rings is 1. The third-order valence-corrected chi connectivity index (χ3v) is 4.72. The number of aromatic nitrogens is 2. The zero-order valence-corrected chi connectivity index (χ0v) is 14.1. The van der Waals surface area contributed by atoms with E-state index in [4.69, 9.17) is 0 Å². The maximum Gasteiger partial charge on any atom is 0.151 e. The maximum absolute atomic E-state index is 14.5. The lowest BCUT2D eigenvalue weighted by molar-refractivity contribution is 0.412. The van der Waals surface area contributed by atoms with Crippen LogP contribution in [0.15, 0.2) is 12.1 Å². The van der Waals surface area contributed by atoms with Gasteiger partial charge in [-0.3, -0.25) is 0 Å². The molecule has 0 amide bonds. The van der Waals surface area contributed by atoms with E-state index in [1.54, 1.807) is 6.07 Å². The number of aryl methyl sites for hydroxylation is 1. The molecule has 0 fully saturated rings. The molecule has 3 heteroatoms. The lowest BCUT2D eigenvalue weighted by Crippen LogP contribution is -2.21. The summed E-state index contributed by atoms with van der Waals surface area (Å²) in [6.45, 7) is 12.8. The Morgan fingerprint density at radius 3 is 2.48 bits per heavy atom. The van der Waals surface area contributed by atoms with Crippen molar-refractivity contribution < 1.29 is 4.39 Å². The normalized spacial score (nSPS) is 14.9. The summed E-state index contributed by atoms with van der Waals surface area (Å²) in [5, 5.41) is 0. The van der Waals surface area contributed by atoms with E-state index in [2.05, 4.69) is 50.2 Å². The highest BCUT2D eigenvalue weighted by atomic mass is 19.1. The predicted octanol–water partition coefficient (Wildman–Crippen LogP) is 5.53. The second kappa shape index (κ2) is 5.78. The average Bonchev–Trinajstić information content (AvgIpc) is 2.75. The fraction of sp³-hybridized carbons (Fsp3) is 0.611. The molecule has 0 bridgehead atoms. The molecule has 1 aromatic carbocycles. The first-order chi connectivity index (χ1) is 9.84. The van der Waals surface area contributed by atoms with Gasteiger partial charge in [0.25, 0.3) is 0 Å². The van der Waals surface area contributed by atoms with E-state index in [1.807, 2.05) is 6.92 Å². The summed E-state index contributed by atoms with van der Waals surface area (Å²) in [5.74, 6) is 0.686. The van der Waals surface area contributed by atoms with Crippen molar-refractivity contribution in [2.24, 2.45) is 0 Å². The zero-order chi connectivity index (χ0) is 15.8. The minimum Gasteiger partial charge on any atom is -0.326 e. The van der Waals surface area contributed by atoms with Crippen molar-refractivity contribution in [3.8, 4) is 0 Å². The topological polar surface area (TPSA) is 17.8 Å². The molecule has 116 valence electrons. The van der Waals surface area contributed by atoms with Crippen LogP contribution in [0, 0.1) is 12.7 Å². The van der Waals surface area contributed by atoms with Crippen LogP contribution in [0.1, 0.15) is 71.3 Å². The summed E-state index contributed by atoms with van der Waals surface area (Å²) in [5.41, 5.74) is 2.55. The fourth-order valence-electron chi connectivity index (χ4n) is 3.35. The molecule has 2 aromatic rings. The fourth-order valence-corrected chi connectivity index (χ4v) is 3.35. The lowest BCUT2D eigenvalue weighted by atomic mass is 9.76. The Balaban J connectivity index is 2.71. The van der Waals surface area contributed by atoms with Gasteiger partial charge in [0.2, 0.25) is 0 Å². The first-order valence-corrected chi connectivity index (χ1v) is 8.02. The first-order valence-electron chi connectivity index (χ1n) is 8.02. The van der Waals surface area contributed by atoms with Gasteiger partial charge in [0, 0.05) is 6.04 Å². The third kappa shape index (κ3) is 2.70. The van der Waals surface area contributed by atoms with E-state index in [-0.39, 0.29) is 17.3 Å². The second-order valence-electron chi connectivity index (χ2n) is 6.61. The molecule has 0 N–H and O–H groups in total. The molecule has 0 saturated carbocycles. The Kier molecular flexibility index (Phi) is 4.40. The molecule has 0 saturated heterocycles. The first kappa shape index (κ1) is 16.0. The van der Waals surface area contributed by atoms with Crippen LogP contribution < -0.4 is 0 Å². The van der Waals surface area contributed by atoms with Gasteiger partial charge in [-0.05, 0) is 56.7 Å². The van der Waals surface area contributed by atoms with Crippen LogP contribution in [-0.4, -0.2) is 9.55 Å². The number of hydrogen-bond donors (Lipinski definition) is 0. The van der Waals surface area contributed by atoms with Crippen molar-refractivity contribution in [3.05, 3.63) is 29.3 Å². The SMILES string of the molecule is CCCC(C)(CC)c1cc(F)c2nc(C)n(C(C)C)c2c1. The molecule has 1 unspecified atom stereocenters. The van der Waals surface area contributed by atoms with Crippen LogP contribution in [0.2, 0.25) is 0 Å². The minimum absolute atomic E-state index is 0.0315. The van der Waals surface area contributed by atoms with Gasteiger partial charge in [0.05, 0.1) is 5.52 Å². The van der Waals surface area contributed by atoms with Crippen molar-refractivity contribution in [3.63, 3.8) is 0 Å². The van der Waals surface area contributed by atoms with Gasteiger partial charge in [-0.25, -0.2) is 9.37 Å². The number of fused-ring (bicyclic) bond motifs is 1. The van der Waals surface area contributed by atoms with Crippen LogP contribution >= 0.6 is 0 Å². The molecule has 21 heavy (non-hydrogen) atoms. The Morgan fingerprint density at radius 1 is 1.29 bits per heavy atom. The van der Waals surface area contributed by atoms with Crippen LogP contribution in [-0.2, 0) is 5.41 Å². The molecular formula is C18H27FN2. The van der Waals surface area contributed by atoms with Crippen LogP contribution in [0.5, 0.6) is 0 Å². The van der Waals surface area contributed by atoms with Crippen LogP contribution in [0.25, 0.3) is 11.0 Å². The Bertz CT molecular complexity index is 642. The highest BCUT2D eigenvalue weighted by molar-refractivity contribution is 5.78. The van der Waals surface area contributed by atoms with Crippen LogP contribution in [0.4, 0.5) is 4.39 Å². The molecule has 0 aliphatic carbocycles. The smallest absolute Gasteiger partial charge is 0.151 e. The number of hydrogen-bond acceptors (Lipinski definition) is 1. The molecule has 1 atom stereocenters. The van der Waals surface area contributed by atoms with Gasteiger partial charge < -0.3 is 4.57 Å². The number of nitrogens with zero attached hydrogens (tertiary/aromatic N) is 2. The molecule has 0 aliphatic heterocycles. The average molecular weight is 290 g/mol. The summed E-state index contributed by atoms with van der Waals surface area (Å²) in [7, 11) is 0. The van der Waals surface area contributed by atoms with E-state index < -0.39 is 0 Å². The second-order valence-corrected chi connectivity index (χ2v) is 6.61. The molecule has 2 rings (SSSR count). The third-order valence-electron chi connectivity index (χ3n) is 4.72. The van der Waals surface area contributed by atoms with Gasteiger partial charge in [-0.2, -0.15) is 0 Å². The monoisotopic (exact) mass is 290 g/mol. The molecule has 0 radical (unpaired) electrons. The van der Waals surface area contributed by atoms with E-state index in [9.17, 15) is 4.39 Å². The van der Waals surface area contributed by atoms with E-state index in [0.717, 1.165) is 36.2 Å². The highest BCUT2D eigenvalue weighted by Gasteiger charge is 2.26. The van der Waals surface area contributed by atoms with E-state index >= 15 is 0 Å². The predicted molar refractivity (Wildman–Crippen MR) is 87.4 cm³/mol. The zero-order valence-electron chi connectivity index (χ0n) is 14.1. The summed E-state index contributed by atoms with van der Waals surface area (Å²) in [6, 6.07) is 4.12. The highest BCUT2D eigenvalue weighted by Crippen LogP contribution is 2.35. The Labute approximate surface area is 127 Å². The largest absolute Gasteiger partial charge is 0.326 e. The quantitative estimate of drug-likeness (QED) is 0.707. The summed E-state index contributed by atoms with van der Waals surface area (Å²) in [4.78, 5) is 4.42. The van der Waals surface area contributed by atoms with Crippen molar-refractivity contribution in [1.82, 2.24) is 9.55 Å². The molecule has 0 spiro atoms. The molecule has 0 aliphatic rings. The Hall–Kier alpha value is -1.38. The van der Waals surface area contributed by atoms with Gasteiger partial charge in [0.15, 0.2) is 5.82 Å². The molecule has 1 aromatic heterocycles. The number of rotatable bonds is 5. The maximum atomic E-state index is 14.5. The summed E-state index contributed by atoms with van der Waals surface area (Å²) in [6.07, 6.45) is 3.19. The molecular weight excluding hydrogens is 263 g/mol. The Morgan fingerprint density at radius 2 is 1.95 bits per heavy atom. The van der Waals surface area contributed by atoms with Gasteiger partial charge >= 0.3 is 0 Å². The van der Waals surface area contributed by atoms with Gasteiger partial charge in [-0.15, -0.1) is 0 Å². The standard InChI is InChI=1S/C18H27FN2/c1-7-9-18(6,8-2)14-10-15(19)17-16(11-14)21(12(3)4)13(5)20-17/h10-12H,7-9H2,1-6H3. The lowest BCUT2D eigenvalue weighted by Gasteiger charge is -2.29. The van der Waals surface area contributed by atoms with Crippen molar-refractivity contribution >= 4 is 11.0 Å². The molecule has 2 nitrogen and oxygen atoms in total. The number of halogens is 1. The van der Waals surface area contributed by atoms with Crippen molar-refractivity contribution in [2.45, 2.75) is 72.3 Å². The molecule has 1 heterocycles. The minimum atomic E-state index is -0.194. The van der Waals surface area contributed by atoms with E-state index in [1.165, 1.54) is 0 Å². The van der Waals surface area contributed by atoms with Gasteiger partial charge in [0.1, 0.15) is 11.3 Å². The summed E-state index contributed by atoms with van der Waals surface area (Å²) < 4.78 is 16.7. The number of benzene rings is 1. The van der Waals surface area contributed by atoms with Crippen LogP contribution in [0.3, 0.4) is 0 Å². The van der Waals surface area contributed by atoms with Crippen molar-refractivity contribution in [1.29, 1.82) is 0 Å². The van der Waals surface area contributed by atoms with Crippen molar-refractivity contribution in [2.75, 3.05) is 0 Å². The summed E-state index contributed by atoms with van der Waals surface area (Å²) >= 11 is 0. The van der Waals surface area contributed by atoms with Gasteiger partial charge in [-0.1, -0.05) is 27.2 Å². The van der Waals surface area contributed by atoms with E-state index in [0.29, 0.717) is 5.52 Å².